The minimum absolute atomic E-state index is 0.0218. The van der Waals surface area contributed by atoms with Crippen LogP contribution in [0.5, 0.6) is 0 Å². The quantitative estimate of drug-likeness (QED) is 0.505. The number of carbonyl (C=O) groups excluding carboxylic acids is 2. The van der Waals surface area contributed by atoms with Gasteiger partial charge in [-0.15, -0.1) is 0 Å². The van der Waals surface area contributed by atoms with E-state index in [4.69, 9.17) is 16.2 Å². The van der Waals surface area contributed by atoms with Crippen molar-refractivity contribution in [3.63, 3.8) is 0 Å². The van der Waals surface area contributed by atoms with E-state index in [-0.39, 0.29) is 12.5 Å². The van der Waals surface area contributed by atoms with Crippen molar-refractivity contribution in [2.24, 2.45) is 5.73 Å². The number of nitrogen functional groups attached to an aromatic ring is 1. The second-order valence-electron chi connectivity index (χ2n) is 3.32. The van der Waals surface area contributed by atoms with E-state index < -0.39 is 5.91 Å². The normalized spacial score (nSPS) is 9.71. The van der Waals surface area contributed by atoms with E-state index in [0.717, 1.165) is 0 Å². The third-order valence-electron chi connectivity index (χ3n) is 2.06. The molecule has 0 aromatic heterocycles. The summed E-state index contributed by atoms with van der Waals surface area (Å²) < 4.78 is 4.75. The molecule has 1 aromatic carbocycles. The maximum atomic E-state index is 11.1. The van der Waals surface area contributed by atoms with Gasteiger partial charge in [0.25, 0.3) is 0 Å². The monoisotopic (exact) mass is 237 g/mol. The van der Waals surface area contributed by atoms with Crippen molar-refractivity contribution in [3.05, 3.63) is 23.8 Å². The standard InChI is InChI=1S/C11H15N3O3/c1-2-17-10(15)6-14-9-4-3-7(11(13)16)5-8(9)12/h3-5,14H,2,6,12H2,1H3,(H2,13,16). The van der Waals surface area contributed by atoms with Crippen LogP contribution >= 0.6 is 0 Å². The maximum absolute atomic E-state index is 11.1. The van der Waals surface area contributed by atoms with Gasteiger partial charge < -0.3 is 21.5 Å². The summed E-state index contributed by atoms with van der Waals surface area (Å²) in [5.74, 6) is -0.917. The fourth-order valence-electron chi connectivity index (χ4n) is 1.26. The molecule has 0 bridgehead atoms. The van der Waals surface area contributed by atoms with Crippen molar-refractivity contribution in [3.8, 4) is 0 Å². The average Bonchev–Trinajstić information content (AvgIpc) is 2.27. The van der Waals surface area contributed by atoms with Crippen LogP contribution in [0.15, 0.2) is 18.2 Å². The highest BCUT2D eigenvalue weighted by Crippen LogP contribution is 2.19. The molecule has 0 saturated carbocycles. The van der Waals surface area contributed by atoms with Crippen molar-refractivity contribution in [1.82, 2.24) is 0 Å². The molecule has 6 heteroatoms. The second kappa shape index (κ2) is 5.74. The minimum atomic E-state index is -0.548. The van der Waals surface area contributed by atoms with Gasteiger partial charge in [-0.2, -0.15) is 0 Å². The molecule has 5 N–H and O–H groups in total. The predicted molar refractivity (Wildman–Crippen MR) is 64.5 cm³/mol. The Hall–Kier alpha value is -2.24. The van der Waals surface area contributed by atoms with Crippen LogP contribution in [0.3, 0.4) is 0 Å². The summed E-state index contributed by atoms with van der Waals surface area (Å²) in [7, 11) is 0. The molecule has 1 rings (SSSR count). The summed E-state index contributed by atoms with van der Waals surface area (Å²) >= 11 is 0. The van der Waals surface area contributed by atoms with Crippen molar-refractivity contribution >= 4 is 23.3 Å². The molecule has 0 spiro atoms. The molecule has 0 aliphatic rings. The fourth-order valence-corrected chi connectivity index (χ4v) is 1.26. The number of nitrogens with one attached hydrogen (secondary N) is 1. The minimum Gasteiger partial charge on any atom is -0.465 e. The molecule has 92 valence electrons. The molecular weight excluding hydrogens is 222 g/mol. The summed E-state index contributed by atoms with van der Waals surface area (Å²) in [6, 6.07) is 4.58. The molecule has 1 aromatic rings. The number of ether oxygens (including phenoxy) is 1. The lowest BCUT2D eigenvalue weighted by molar-refractivity contribution is -0.140. The number of esters is 1. The molecule has 0 radical (unpaired) electrons. The van der Waals surface area contributed by atoms with Crippen LogP contribution in [0.25, 0.3) is 0 Å². The van der Waals surface area contributed by atoms with Gasteiger partial charge in [-0.05, 0) is 25.1 Å². The van der Waals surface area contributed by atoms with Crippen LogP contribution in [-0.2, 0) is 9.53 Å². The van der Waals surface area contributed by atoms with Crippen LogP contribution in [-0.4, -0.2) is 25.0 Å². The molecule has 17 heavy (non-hydrogen) atoms. The third-order valence-corrected chi connectivity index (χ3v) is 2.06. The molecule has 6 nitrogen and oxygen atoms in total. The van der Waals surface area contributed by atoms with E-state index >= 15 is 0 Å². The molecule has 0 atom stereocenters. The van der Waals surface area contributed by atoms with Crippen molar-refractivity contribution < 1.29 is 14.3 Å². The average molecular weight is 237 g/mol. The number of rotatable bonds is 5. The van der Waals surface area contributed by atoms with Gasteiger partial charge in [0.05, 0.1) is 18.0 Å². The zero-order valence-corrected chi connectivity index (χ0v) is 9.53. The van der Waals surface area contributed by atoms with Gasteiger partial charge in [-0.25, -0.2) is 0 Å². The lowest BCUT2D eigenvalue weighted by Crippen LogP contribution is -2.18. The first-order valence-corrected chi connectivity index (χ1v) is 5.13. The highest BCUT2D eigenvalue weighted by Gasteiger charge is 2.06. The van der Waals surface area contributed by atoms with Crippen molar-refractivity contribution in [2.75, 3.05) is 24.2 Å². The molecule has 0 saturated heterocycles. The lowest BCUT2D eigenvalue weighted by atomic mass is 10.1. The Bertz CT molecular complexity index is 432. The molecule has 0 heterocycles. The van der Waals surface area contributed by atoms with E-state index in [1.807, 2.05) is 0 Å². The Morgan fingerprint density at radius 1 is 1.41 bits per heavy atom. The van der Waals surface area contributed by atoms with Crippen LogP contribution in [0.4, 0.5) is 11.4 Å². The van der Waals surface area contributed by atoms with Gasteiger partial charge in [-0.3, -0.25) is 9.59 Å². The summed E-state index contributed by atoms with van der Waals surface area (Å²) in [6.07, 6.45) is 0. The lowest BCUT2D eigenvalue weighted by Gasteiger charge is -2.09. The largest absolute Gasteiger partial charge is 0.465 e. The second-order valence-corrected chi connectivity index (χ2v) is 3.32. The number of hydrogen-bond acceptors (Lipinski definition) is 5. The predicted octanol–water partition coefficient (Wildman–Crippen LogP) is 0.343. The first kappa shape index (κ1) is 12.8. The number of amides is 1. The van der Waals surface area contributed by atoms with Crippen LogP contribution in [0, 0.1) is 0 Å². The van der Waals surface area contributed by atoms with Gasteiger partial charge in [0.1, 0.15) is 6.54 Å². The van der Waals surface area contributed by atoms with E-state index in [1.54, 1.807) is 13.0 Å². The number of carbonyl (C=O) groups is 2. The molecule has 0 aliphatic carbocycles. The number of nitrogens with two attached hydrogens (primary N) is 2. The summed E-state index contributed by atoms with van der Waals surface area (Å²) in [5, 5.41) is 2.81. The van der Waals surface area contributed by atoms with E-state index in [0.29, 0.717) is 23.5 Å². The van der Waals surface area contributed by atoms with E-state index in [2.05, 4.69) is 5.32 Å². The fraction of sp³-hybridized carbons (Fsp3) is 0.273. The number of benzene rings is 1. The molecule has 0 fully saturated rings. The molecular formula is C11H15N3O3. The van der Waals surface area contributed by atoms with Crippen molar-refractivity contribution in [2.45, 2.75) is 6.92 Å². The summed E-state index contributed by atoms with van der Waals surface area (Å²) in [5.41, 5.74) is 12.0. The Morgan fingerprint density at radius 2 is 2.12 bits per heavy atom. The van der Waals surface area contributed by atoms with E-state index in [1.165, 1.54) is 12.1 Å². The summed E-state index contributed by atoms with van der Waals surface area (Å²) in [4.78, 5) is 22.0. The highest BCUT2D eigenvalue weighted by molar-refractivity contribution is 5.95. The van der Waals surface area contributed by atoms with Gasteiger partial charge in [0, 0.05) is 5.56 Å². The van der Waals surface area contributed by atoms with Crippen LogP contribution in [0.2, 0.25) is 0 Å². The van der Waals surface area contributed by atoms with Crippen LogP contribution in [0.1, 0.15) is 17.3 Å². The van der Waals surface area contributed by atoms with E-state index in [9.17, 15) is 9.59 Å². The number of anilines is 2. The zero-order valence-electron chi connectivity index (χ0n) is 9.53. The molecule has 0 unspecified atom stereocenters. The molecule has 0 aliphatic heterocycles. The smallest absolute Gasteiger partial charge is 0.325 e. The Morgan fingerprint density at radius 3 is 2.65 bits per heavy atom. The van der Waals surface area contributed by atoms with Gasteiger partial charge in [-0.1, -0.05) is 0 Å². The Kier molecular flexibility index (Phi) is 4.33. The van der Waals surface area contributed by atoms with Gasteiger partial charge >= 0.3 is 5.97 Å². The first-order chi connectivity index (χ1) is 8.04. The topological polar surface area (TPSA) is 107 Å². The van der Waals surface area contributed by atoms with Gasteiger partial charge in [0.15, 0.2) is 0 Å². The molecule has 1 amide bonds. The van der Waals surface area contributed by atoms with Gasteiger partial charge in [0.2, 0.25) is 5.91 Å². The highest BCUT2D eigenvalue weighted by atomic mass is 16.5. The number of primary amides is 1. The van der Waals surface area contributed by atoms with Crippen LogP contribution < -0.4 is 16.8 Å². The number of hydrogen-bond donors (Lipinski definition) is 3. The first-order valence-electron chi connectivity index (χ1n) is 5.13. The zero-order chi connectivity index (χ0) is 12.8. The Balaban J connectivity index is 2.66. The summed E-state index contributed by atoms with van der Waals surface area (Å²) in [6.45, 7) is 2.08. The maximum Gasteiger partial charge on any atom is 0.325 e. The van der Waals surface area contributed by atoms with Crippen molar-refractivity contribution in [1.29, 1.82) is 0 Å². The third kappa shape index (κ3) is 3.67. The SMILES string of the molecule is CCOC(=O)CNc1ccc(C(N)=O)cc1N. The Labute approximate surface area is 98.9 Å².